The van der Waals surface area contributed by atoms with Crippen LogP contribution < -0.4 is 5.32 Å². The van der Waals surface area contributed by atoms with Crippen LogP contribution in [-0.4, -0.2) is 62.7 Å². The van der Waals surface area contributed by atoms with E-state index in [9.17, 15) is 0 Å². The highest BCUT2D eigenvalue weighted by Gasteiger charge is 2.19. The standard InChI is InChI=1S/C15H31N3/c1-17(10-8-14-6-4-3-5-7-14)12-15-13-18(2)11-9-16-15/h14-16H,3-13H2,1-2H3. The van der Waals surface area contributed by atoms with E-state index in [0.29, 0.717) is 6.04 Å². The monoisotopic (exact) mass is 253 g/mol. The van der Waals surface area contributed by atoms with Gasteiger partial charge < -0.3 is 15.1 Å². The normalized spacial score (nSPS) is 27.8. The lowest BCUT2D eigenvalue weighted by atomic mass is 9.87. The fourth-order valence-electron chi connectivity index (χ4n) is 3.46. The minimum Gasteiger partial charge on any atom is -0.310 e. The molecule has 0 bridgehead atoms. The molecule has 1 saturated carbocycles. The van der Waals surface area contributed by atoms with Gasteiger partial charge in [-0.3, -0.25) is 0 Å². The smallest absolute Gasteiger partial charge is 0.0322 e. The molecule has 0 radical (unpaired) electrons. The highest BCUT2D eigenvalue weighted by atomic mass is 15.2. The van der Waals surface area contributed by atoms with Gasteiger partial charge in [0.2, 0.25) is 0 Å². The largest absolute Gasteiger partial charge is 0.310 e. The van der Waals surface area contributed by atoms with Crippen molar-refractivity contribution < 1.29 is 0 Å². The molecule has 1 aliphatic heterocycles. The predicted octanol–water partition coefficient (Wildman–Crippen LogP) is 1.79. The van der Waals surface area contributed by atoms with Crippen LogP contribution in [-0.2, 0) is 0 Å². The van der Waals surface area contributed by atoms with E-state index in [1.165, 1.54) is 64.7 Å². The third kappa shape index (κ3) is 4.87. The molecule has 18 heavy (non-hydrogen) atoms. The predicted molar refractivity (Wildman–Crippen MR) is 78.0 cm³/mol. The summed E-state index contributed by atoms with van der Waals surface area (Å²) in [7, 11) is 4.52. The minimum atomic E-state index is 0.667. The first-order valence-corrected chi connectivity index (χ1v) is 7.84. The van der Waals surface area contributed by atoms with E-state index in [2.05, 4.69) is 29.2 Å². The van der Waals surface area contributed by atoms with Gasteiger partial charge in [-0.1, -0.05) is 32.1 Å². The Balaban J connectivity index is 1.60. The second kappa shape index (κ2) is 7.46. The van der Waals surface area contributed by atoms with E-state index in [4.69, 9.17) is 0 Å². The summed E-state index contributed by atoms with van der Waals surface area (Å²) < 4.78 is 0. The average Bonchev–Trinajstić information content (AvgIpc) is 2.38. The molecule has 0 spiro atoms. The first-order chi connectivity index (χ1) is 8.74. The summed E-state index contributed by atoms with van der Waals surface area (Å²) in [6.07, 6.45) is 8.81. The Hall–Kier alpha value is -0.120. The maximum atomic E-state index is 3.64. The Bertz CT molecular complexity index is 226. The molecule has 1 saturated heterocycles. The summed E-state index contributed by atoms with van der Waals surface area (Å²) in [5.74, 6) is 1.02. The van der Waals surface area contributed by atoms with Crippen LogP contribution in [0.4, 0.5) is 0 Å². The number of piperazine rings is 1. The van der Waals surface area contributed by atoms with Crippen LogP contribution in [0.5, 0.6) is 0 Å². The molecule has 3 nitrogen and oxygen atoms in total. The van der Waals surface area contributed by atoms with Crippen LogP contribution in [0.15, 0.2) is 0 Å². The van der Waals surface area contributed by atoms with Crippen molar-refractivity contribution in [1.29, 1.82) is 0 Å². The third-order valence-electron chi connectivity index (χ3n) is 4.63. The fraction of sp³-hybridized carbons (Fsp3) is 1.00. The van der Waals surface area contributed by atoms with E-state index in [-0.39, 0.29) is 0 Å². The van der Waals surface area contributed by atoms with Crippen LogP contribution in [0.25, 0.3) is 0 Å². The number of nitrogens with zero attached hydrogens (tertiary/aromatic N) is 2. The minimum absolute atomic E-state index is 0.667. The molecular weight excluding hydrogens is 222 g/mol. The number of hydrogen-bond acceptors (Lipinski definition) is 3. The maximum absolute atomic E-state index is 3.64. The Labute approximate surface area is 113 Å². The van der Waals surface area contributed by atoms with E-state index in [1.807, 2.05) is 0 Å². The Morgan fingerprint density at radius 2 is 2.00 bits per heavy atom. The maximum Gasteiger partial charge on any atom is 0.0322 e. The number of nitrogens with one attached hydrogen (secondary N) is 1. The van der Waals surface area contributed by atoms with Crippen LogP contribution in [0, 0.1) is 5.92 Å². The summed E-state index contributed by atoms with van der Waals surface area (Å²) in [6, 6.07) is 0.667. The Kier molecular flexibility index (Phi) is 5.93. The second-order valence-corrected chi connectivity index (χ2v) is 6.47. The summed E-state index contributed by atoms with van der Waals surface area (Å²) in [6.45, 7) is 6.04. The van der Waals surface area contributed by atoms with Crippen LogP contribution >= 0.6 is 0 Å². The topological polar surface area (TPSA) is 18.5 Å². The van der Waals surface area contributed by atoms with Gasteiger partial charge in [-0.2, -0.15) is 0 Å². The zero-order chi connectivity index (χ0) is 12.8. The first-order valence-electron chi connectivity index (χ1n) is 7.84. The first kappa shape index (κ1) is 14.3. The fourth-order valence-corrected chi connectivity index (χ4v) is 3.46. The molecule has 2 rings (SSSR count). The summed E-state index contributed by atoms with van der Waals surface area (Å²) in [5, 5.41) is 3.64. The molecule has 1 unspecified atom stereocenters. The molecule has 3 heteroatoms. The molecule has 0 amide bonds. The van der Waals surface area contributed by atoms with E-state index >= 15 is 0 Å². The van der Waals surface area contributed by atoms with E-state index in [0.717, 1.165) is 12.5 Å². The summed E-state index contributed by atoms with van der Waals surface area (Å²) >= 11 is 0. The van der Waals surface area contributed by atoms with Gasteiger partial charge in [0.15, 0.2) is 0 Å². The SMILES string of the molecule is CN1CCNC(CN(C)CCC2CCCCC2)C1. The molecule has 2 aliphatic rings. The molecule has 1 atom stereocenters. The molecule has 1 heterocycles. The average molecular weight is 253 g/mol. The van der Waals surface area contributed by atoms with Crippen molar-refractivity contribution in [2.45, 2.75) is 44.6 Å². The number of likely N-dealkylation sites (N-methyl/N-ethyl adjacent to an activating group) is 2. The molecule has 0 aromatic carbocycles. The van der Waals surface area contributed by atoms with Crippen molar-refractivity contribution in [2.75, 3.05) is 46.8 Å². The number of rotatable bonds is 5. The molecule has 2 fully saturated rings. The van der Waals surface area contributed by atoms with Crippen molar-refractivity contribution in [2.24, 2.45) is 5.92 Å². The molecule has 0 aromatic rings. The van der Waals surface area contributed by atoms with Gasteiger partial charge in [-0.25, -0.2) is 0 Å². The quantitative estimate of drug-likeness (QED) is 0.806. The summed E-state index contributed by atoms with van der Waals surface area (Å²) in [4.78, 5) is 4.97. The van der Waals surface area contributed by atoms with Crippen molar-refractivity contribution >= 4 is 0 Å². The van der Waals surface area contributed by atoms with Gasteiger partial charge in [0.05, 0.1) is 0 Å². The van der Waals surface area contributed by atoms with Gasteiger partial charge in [0.25, 0.3) is 0 Å². The van der Waals surface area contributed by atoms with Crippen LogP contribution in [0.3, 0.4) is 0 Å². The molecule has 0 aromatic heterocycles. The Morgan fingerprint density at radius 1 is 1.22 bits per heavy atom. The van der Waals surface area contributed by atoms with Gasteiger partial charge in [-0.15, -0.1) is 0 Å². The molecular formula is C15H31N3. The van der Waals surface area contributed by atoms with Crippen molar-refractivity contribution in [3.05, 3.63) is 0 Å². The highest BCUT2D eigenvalue weighted by molar-refractivity contribution is 4.79. The van der Waals surface area contributed by atoms with E-state index in [1.54, 1.807) is 0 Å². The lowest BCUT2D eigenvalue weighted by molar-refractivity contribution is 0.186. The number of hydrogen-bond donors (Lipinski definition) is 1. The van der Waals surface area contributed by atoms with Gasteiger partial charge in [0, 0.05) is 32.2 Å². The van der Waals surface area contributed by atoms with Gasteiger partial charge in [0.1, 0.15) is 0 Å². The lowest BCUT2D eigenvalue weighted by Gasteiger charge is -2.34. The third-order valence-corrected chi connectivity index (χ3v) is 4.63. The zero-order valence-electron chi connectivity index (χ0n) is 12.3. The van der Waals surface area contributed by atoms with Crippen molar-refractivity contribution in [3.8, 4) is 0 Å². The molecule has 1 N–H and O–H groups in total. The zero-order valence-corrected chi connectivity index (χ0v) is 12.3. The summed E-state index contributed by atoms with van der Waals surface area (Å²) in [5.41, 5.74) is 0. The van der Waals surface area contributed by atoms with E-state index < -0.39 is 0 Å². The van der Waals surface area contributed by atoms with Crippen molar-refractivity contribution in [1.82, 2.24) is 15.1 Å². The van der Waals surface area contributed by atoms with Gasteiger partial charge in [-0.05, 0) is 33.0 Å². The Morgan fingerprint density at radius 3 is 2.72 bits per heavy atom. The molecule has 106 valence electrons. The second-order valence-electron chi connectivity index (χ2n) is 6.47. The molecule has 1 aliphatic carbocycles. The van der Waals surface area contributed by atoms with Crippen LogP contribution in [0.1, 0.15) is 38.5 Å². The lowest BCUT2D eigenvalue weighted by Crippen LogP contribution is -2.53. The van der Waals surface area contributed by atoms with Crippen LogP contribution in [0.2, 0.25) is 0 Å². The van der Waals surface area contributed by atoms with Crippen molar-refractivity contribution in [3.63, 3.8) is 0 Å². The highest BCUT2D eigenvalue weighted by Crippen LogP contribution is 2.26. The van der Waals surface area contributed by atoms with Gasteiger partial charge >= 0.3 is 0 Å².